The third kappa shape index (κ3) is 5.64. The van der Waals surface area contributed by atoms with Crippen LogP contribution in [0.3, 0.4) is 0 Å². The summed E-state index contributed by atoms with van der Waals surface area (Å²) >= 11 is 0. The first-order valence-corrected chi connectivity index (χ1v) is 10.7. The minimum absolute atomic E-state index is 0.101. The van der Waals surface area contributed by atoms with Gasteiger partial charge in [0.2, 0.25) is 11.9 Å². The standard InChI is InChI=1S/C24H26FN5O2/c1-17-15-18(9-10-19(17)25)5-2-8-23(31)30-13-14-32-21(16-30)20-6-3-7-22(28-20)29-24-26-11-4-12-27-24/h3-4,6-7,9-12,15,21H,2,5,8,13-14,16H2,1H3,(H,26,27,28,29)/t21-/m1/s1. The third-order valence-corrected chi connectivity index (χ3v) is 5.40. The van der Waals surface area contributed by atoms with Crippen LogP contribution in [0.4, 0.5) is 16.2 Å². The molecule has 3 aromatic rings. The molecule has 166 valence electrons. The number of nitrogens with zero attached hydrogens (tertiary/aromatic N) is 4. The Kier molecular flexibility index (Phi) is 7.01. The molecule has 1 aliphatic rings. The van der Waals surface area contributed by atoms with E-state index in [9.17, 15) is 9.18 Å². The van der Waals surface area contributed by atoms with E-state index in [1.54, 1.807) is 31.5 Å². The summed E-state index contributed by atoms with van der Waals surface area (Å²) < 4.78 is 19.3. The van der Waals surface area contributed by atoms with Gasteiger partial charge in [-0.3, -0.25) is 4.79 Å². The highest BCUT2D eigenvalue weighted by molar-refractivity contribution is 5.76. The first kappa shape index (κ1) is 21.8. The predicted octanol–water partition coefficient (Wildman–Crippen LogP) is 3.99. The number of halogens is 1. The fraction of sp³-hybridized carbons (Fsp3) is 0.333. The van der Waals surface area contributed by atoms with Crippen molar-refractivity contribution in [3.8, 4) is 0 Å². The van der Waals surface area contributed by atoms with Crippen LogP contribution in [0.25, 0.3) is 0 Å². The Hall–Kier alpha value is -3.39. The van der Waals surface area contributed by atoms with Gasteiger partial charge >= 0.3 is 0 Å². The van der Waals surface area contributed by atoms with Crippen LogP contribution in [0.1, 0.15) is 35.8 Å². The molecule has 0 unspecified atom stereocenters. The molecule has 3 heterocycles. The van der Waals surface area contributed by atoms with E-state index in [1.165, 1.54) is 6.07 Å². The van der Waals surface area contributed by atoms with Gasteiger partial charge in [0.1, 0.15) is 17.7 Å². The van der Waals surface area contributed by atoms with Crippen molar-refractivity contribution in [1.82, 2.24) is 19.9 Å². The molecule has 1 aromatic carbocycles. The molecule has 0 radical (unpaired) electrons. The number of anilines is 2. The van der Waals surface area contributed by atoms with E-state index >= 15 is 0 Å². The molecule has 32 heavy (non-hydrogen) atoms. The molecular formula is C24H26FN5O2. The Morgan fingerprint density at radius 2 is 2.06 bits per heavy atom. The van der Waals surface area contributed by atoms with E-state index in [-0.39, 0.29) is 17.8 Å². The zero-order chi connectivity index (χ0) is 22.3. The van der Waals surface area contributed by atoms with Gasteiger partial charge in [-0.1, -0.05) is 18.2 Å². The number of aromatic nitrogens is 3. The molecule has 1 N–H and O–H groups in total. The van der Waals surface area contributed by atoms with Crippen LogP contribution < -0.4 is 5.32 Å². The Morgan fingerprint density at radius 1 is 1.22 bits per heavy atom. The second kappa shape index (κ2) is 10.3. The number of carbonyl (C=O) groups is 1. The minimum atomic E-state index is -0.286. The summed E-state index contributed by atoms with van der Waals surface area (Å²) in [6, 6.07) is 12.5. The zero-order valence-corrected chi connectivity index (χ0v) is 18.0. The number of benzene rings is 1. The van der Waals surface area contributed by atoms with Gasteiger partial charge in [0.15, 0.2) is 0 Å². The second-order valence-corrected chi connectivity index (χ2v) is 7.78. The van der Waals surface area contributed by atoms with E-state index in [1.807, 2.05) is 29.2 Å². The quantitative estimate of drug-likeness (QED) is 0.605. The van der Waals surface area contributed by atoms with Crippen molar-refractivity contribution in [2.45, 2.75) is 32.3 Å². The van der Waals surface area contributed by atoms with Gasteiger partial charge in [0.25, 0.3) is 0 Å². The first-order chi connectivity index (χ1) is 15.6. The number of ether oxygens (including phenoxy) is 1. The maximum atomic E-state index is 13.4. The van der Waals surface area contributed by atoms with Gasteiger partial charge in [-0.2, -0.15) is 0 Å². The fourth-order valence-electron chi connectivity index (χ4n) is 3.70. The number of pyridine rings is 1. The number of hydrogen-bond acceptors (Lipinski definition) is 6. The lowest BCUT2D eigenvalue weighted by atomic mass is 10.0. The highest BCUT2D eigenvalue weighted by atomic mass is 19.1. The lowest BCUT2D eigenvalue weighted by Crippen LogP contribution is -2.42. The number of rotatable bonds is 7. The number of nitrogens with one attached hydrogen (secondary N) is 1. The lowest BCUT2D eigenvalue weighted by molar-refractivity contribution is -0.139. The van der Waals surface area contributed by atoms with Crippen LogP contribution in [0.15, 0.2) is 54.9 Å². The third-order valence-electron chi connectivity index (χ3n) is 5.40. The van der Waals surface area contributed by atoms with Crippen molar-refractivity contribution in [3.63, 3.8) is 0 Å². The summed E-state index contributed by atoms with van der Waals surface area (Å²) in [5, 5.41) is 3.08. The van der Waals surface area contributed by atoms with Crippen LogP contribution in [0.2, 0.25) is 0 Å². The molecule has 1 amide bonds. The monoisotopic (exact) mass is 435 g/mol. The molecule has 1 aliphatic heterocycles. The summed E-state index contributed by atoms with van der Waals surface area (Å²) in [7, 11) is 0. The van der Waals surface area contributed by atoms with Gasteiger partial charge in [0.05, 0.1) is 18.8 Å². The van der Waals surface area contributed by atoms with Crippen LogP contribution in [0.5, 0.6) is 0 Å². The maximum absolute atomic E-state index is 13.4. The van der Waals surface area contributed by atoms with Gasteiger partial charge < -0.3 is 15.0 Å². The van der Waals surface area contributed by atoms with Crippen molar-refractivity contribution < 1.29 is 13.9 Å². The topological polar surface area (TPSA) is 80.2 Å². The van der Waals surface area contributed by atoms with Crippen LogP contribution in [-0.4, -0.2) is 45.5 Å². The fourth-order valence-corrected chi connectivity index (χ4v) is 3.70. The molecule has 0 saturated carbocycles. The van der Waals surface area contributed by atoms with Gasteiger partial charge in [-0.05, 0) is 55.2 Å². The number of amides is 1. The van der Waals surface area contributed by atoms with Crippen molar-refractivity contribution >= 4 is 17.7 Å². The maximum Gasteiger partial charge on any atom is 0.228 e. The van der Waals surface area contributed by atoms with Crippen LogP contribution in [0, 0.1) is 12.7 Å². The lowest BCUT2D eigenvalue weighted by Gasteiger charge is -2.33. The molecule has 4 rings (SSSR count). The average molecular weight is 436 g/mol. The molecule has 0 aliphatic carbocycles. The summed E-state index contributed by atoms with van der Waals surface area (Å²) in [6.45, 7) is 3.26. The van der Waals surface area contributed by atoms with E-state index in [4.69, 9.17) is 4.74 Å². The van der Waals surface area contributed by atoms with E-state index < -0.39 is 0 Å². The van der Waals surface area contributed by atoms with Gasteiger partial charge in [-0.15, -0.1) is 0 Å². The van der Waals surface area contributed by atoms with Gasteiger partial charge in [-0.25, -0.2) is 19.3 Å². The molecule has 7 nitrogen and oxygen atoms in total. The van der Waals surface area contributed by atoms with Crippen molar-refractivity contribution in [3.05, 3.63) is 77.5 Å². The SMILES string of the molecule is Cc1cc(CCCC(=O)N2CCO[C@@H](c3cccc(Nc4ncccn4)n3)C2)ccc1F. The molecule has 8 heteroatoms. The normalized spacial score (nSPS) is 16.1. The summed E-state index contributed by atoms with van der Waals surface area (Å²) in [4.78, 5) is 27.5. The van der Waals surface area contributed by atoms with Crippen molar-refractivity contribution in [1.29, 1.82) is 0 Å². The molecule has 1 saturated heterocycles. The predicted molar refractivity (Wildman–Crippen MR) is 119 cm³/mol. The highest BCUT2D eigenvalue weighted by Crippen LogP contribution is 2.23. The van der Waals surface area contributed by atoms with E-state index in [0.717, 1.165) is 24.1 Å². The molecule has 2 aromatic heterocycles. The van der Waals surface area contributed by atoms with Crippen LogP contribution >= 0.6 is 0 Å². The Morgan fingerprint density at radius 3 is 2.88 bits per heavy atom. The molecule has 0 spiro atoms. The van der Waals surface area contributed by atoms with Gasteiger partial charge in [0, 0.05) is 25.4 Å². The average Bonchev–Trinajstić information content (AvgIpc) is 2.82. The van der Waals surface area contributed by atoms with Crippen molar-refractivity contribution in [2.24, 2.45) is 0 Å². The highest BCUT2D eigenvalue weighted by Gasteiger charge is 2.26. The number of hydrogen-bond donors (Lipinski definition) is 1. The summed E-state index contributed by atoms with van der Waals surface area (Å²) in [5.41, 5.74) is 2.44. The Bertz CT molecular complexity index is 1060. The first-order valence-electron chi connectivity index (χ1n) is 10.7. The summed E-state index contributed by atoms with van der Waals surface area (Å²) in [6.07, 6.45) is 4.95. The Labute approximate surface area is 186 Å². The molecule has 0 bridgehead atoms. The number of carbonyl (C=O) groups excluding carboxylic acids is 1. The number of morpholine rings is 1. The minimum Gasteiger partial charge on any atom is -0.368 e. The summed E-state index contributed by atoms with van der Waals surface area (Å²) in [5.74, 6) is 0.989. The van der Waals surface area contributed by atoms with E-state index in [0.29, 0.717) is 43.4 Å². The van der Waals surface area contributed by atoms with E-state index in [2.05, 4.69) is 20.3 Å². The smallest absolute Gasteiger partial charge is 0.228 e. The molecule has 1 fully saturated rings. The number of aryl methyl sites for hydroxylation is 2. The van der Waals surface area contributed by atoms with Crippen LogP contribution in [-0.2, 0) is 16.0 Å². The second-order valence-electron chi connectivity index (χ2n) is 7.78. The Balaban J connectivity index is 1.32. The zero-order valence-electron chi connectivity index (χ0n) is 18.0. The van der Waals surface area contributed by atoms with Crippen molar-refractivity contribution in [2.75, 3.05) is 25.0 Å². The largest absolute Gasteiger partial charge is 0.368 e. The molecular weight excluding hydrogens is 409 g/mol. The molecule has 1 atom stereocenters.